The van der Waals surface area contributed by atoms with Gasteiger partial charge in [0.05, 0.1) is 29.4 Å². The SMILES string of the molecule is COCCNC(=O)c1cncc(C(=O)Nc2ccc(C#N)cc2)c1. The van der Waals surface area contributed by atoms with Gasteiger partial charge in [-0.3, -0.25) is 14.6 Å². The van der Waals surface area contributed by atoms with E-state index < -0.39 is 5.91 Å². The Morgan fingerprint density at radius 3 is 2.46 bits per heavy atom. The predicted molar refractivity (Wildman–Crippen MR) is 87.6 cm³/mol. The van der Waals surface area contributed by atoms with Gasteiger partial charge in [0.15, 0.2) is 0 Å². The van der Waals surface area contributed by atoms with E-state index >= 15 is 0 Å². The zero-order chi connectivity index (χ0) is 17.4. The molecule has 1 aromatic carbocycles. The first-order chi connectivity index (χ1) is 11.6. The molecule has 1 aromatic heterocycles. The van der Waals surface area contributed by atoms with Gasteiger partial charge in [-0.1, -0.05) is 0 Å². The summed E-state index contributed by atoms with van der Waals surface area (Å²) in [5, 5.41) is 14.1. The van der Waals surface area contributed by atoms with Crippen molar-refractivity contribution in [2.75, 3.05) is 25.6 Å². The minimum Gasteiger partial charge on any atom is -0.383 e. The molecule has 0 radical (unpaired) electrons. The first-order valence-electron chi connectivity index (χ1n) is 7.17. The van der Waals surface area contributed by atoms with Crippen LogP contribution < -0.4 is 10.6 Å². The van der Waals surface area contributed by atoms with Crippen molar-refractivity contribution in [3.63, 3.8) is 0 Å². The van der Waals surface area contributed by atoms with Gasteiger partial charge < -0.3 is 15.4 Å². The number of pyridine rings is 1. The van der Waals surface area contributed by atoms with E-state index in [4.69, 9.17) is 10.00 Å². The Hall–Kier alpha value is -3.24. The van der Waals surface area contributed by atoms with Crippen LogP contribution in [0.5, 0.6) is 0 Å². The van der Waals surface area contributed by atoms with E-state index in [1.165, 1.54) is 18.5 Å². The Balaban J connectivity index is 2.05. The summed E-state index contributed by atoms with van der Waals surface area (Å²) in [5.41, 5.74) is 1.61. The Morgan fingerprint density at radius 1 is 1.17 bits per heavy atom. The fourth-order valence-corrected chi connectivity index (χ4v) is 1.89. The molecule has 0 saturated heterocycles. The highest BCUT2D eigenvalue weighted by atomic mass is 16.5. The number of aromatic nitrogens is 1. The van der Waals surface area contributed by atoms with Crippen molar-refractivity contribution in [2.45, 2.75) is 0 Å². The molecule has 0 aliphatic carbocycles. The first-order valence-corrected chi connectivity index (χ1v) is 7.17. The molecule has 0 saturated carbocycles. The Kier molecular flexibility index (Phi) is 6.00. The quantitative estimate of drug-likeness (QED) is 0.785. The fourth-order valence-electron chi connectivity index (χ4n) is 1.89. The molecule has 24 heavy (non-hydrogen) atoms. The Morgan fingerprint density at radius 2 is 1.83 bits per heavy atom. The number of amides is 2. The summed E-state index contributed by atoms with van der Waals surface area (Å²) in [7, 11) is 1.54. The second kappa shape index (κ2) is 8.41. The molecule has 0 unspecified atom stereocenters. The number of nitrogens with one attached hydrogen (secondary N) is 2. The van der Waals surface area contributed by atoms with Crippen LogP contribution in [0.4, 0.5) is 5.69 Å². The third-order valence-electron chi connectivity index (χ3n) is 3.13. The minimum absolute atomic E-state index is 0.263. The number of hydrogen-bond donors (Lipinski definition) is 2. The number of nitriles is 1. The highest BCUT2D eigenvalue weighted by Gasteiger charge is 2.11. The lowest BCUT2D eigenvalue weighted by Gasteiger charge is -2.07. The predicted octanol–water partition coefficient (Wildman–Crippen LogP) is 1.58. The molecule has 2 amide bonds. The second-order valence-electron chi connectivity index (χ2n) is 4.85. The van der Waals surface area contributed by atoms with Gasteiger partial charge in [0, 0.05) is 31.7 Å². The Labute approximate surface area is 139 Å². The maximum absolute atomic E-state index is 12.2. The van der Waals surface area contributed by atoms with E-state index in [2.05, 4.69) is 15.6 Å². The standard InChI is InChI=1S/C17H16N4O3/c1-24-7-6-20-16(22)13-8-14(11-19-10-13)17(23)21-15-4-2-12(9-18)3-5-15/h2-5,8,10-11H,6-7H2,1H3,(H,20,22)(H,21,23). The minimum atomic E-state index is -0.390. The van der Waals surface area contributed by atoms with Crippen LogP contribution in [0, 0.1) is 11.3 Å². The molecule has 0 fully saturated rings. The van der Waals surface area contributed by atoms with E-state index in [1.54, 1.807) is 31.4 Å². The van der Waals surface area contributed by atoms with Crippen LogP contribution in [-0.4, -0.2) is 37.1 Å². The van der Waals surface area contributed by atoms with Gasteiger partial charge in [0.25, 0.3) is 11.8 Å². The number of methoxy groups -OCH3 is 1. The normalized spacial score (nSPS) is 9.83. The summed E-state index contributed by atoms with van der Waals surface area (Å²) in [6.07, 6.45) is 2.77. The molecule has 7 nitrogen and oxygen atoms in total. The van der Waals surface area contributed by atoms with E-state index in [9.17, 15) is 9.59 Å². The van der Waals surface area contributed by atoms with Gasteiger partial charge in [-0.25, -0.2) is 0 Å². The Bertz CT molecular complexity index is 766. The molecule has 0 aliphatic rings. The van der Waals surface area contributed by atoms with Crippen LogP contribution in [0.25, 0.3) is 0 Å². The maximum Gasteiger partial charge on any atom is 0.257 e. The molecular formula is C17H16N4O3. The van der Waals surface area contributed by atoms with E-state index in [1.807, 2.05) is 6.07 Å². The van der Waals surface area contributed by atoms with Crippen LogP contribution in [-0.2, 0) is 4.74 Å². The van der Waals surface area contributed by atoms with Gasteiger partial charge in [-0.2, -0.15) is 5.26 Å². The molecule has 1 heterocycles. The molecule has 0 aliphatic heterocycles. The monoisotopic (exact) mass is 324 g/mol. The third kappa shape index (κ3) is 4.63. The largest absolute Gasteiger partial charge is 0.383 e. The van der Waals surface area contributed by atoms with Crippen molar-refractivity contribution in [1.29, 1.82) is 5.26 Å². The van der Waals surface area contributed by atoms with Gasteiger partial charge >= 0.3 is 0 Å². The summed E-state index contributed by atoms with van der Waals surface area (Å²) < 4.78 is 4.86. The van der Waals surface area contributed by atoms with Crippen LogP contribution in [0.15, 0.2) is 42.7 Å². The van der Waals surface area contributed by atoms with Gasteiger partial charge in [-0.05, 0) is 30.3 Å². The molecule has 2 rings (SSSR count). The molecule has 122 valence electrons. The number of carbonyl (C=O) groups excluding carboxylic acids is 2. The average molecular weight is 324 g/mol. The third-order valence-corrected chi connectivity index (χ3v) is 3.13. The number of rotatable bonds is 6. The highest BCUT2D eigenvalue weighted by molar-refractivity contribution is 6.05. The van der Waals surface area contributed by atoms with E-state index in [-0.39, 0.29) is 11.5 Å². The number of ether oxygens (including phenoxy) is 1. The smallest absolute Gasteiger partial charge is 0.257 e. The van der Waals surface area contributed by atoms with Gasteiger partial charge in [-0.15, -0.1) is 0 Å². The summed E-state index contributed by atoms with van der Waals surface area (Å²) in [4.78, 5) is 28.1. The number of anilines is 1. The second-order valence-corrected chi connectivity index (χ2v) is 4.85. The van der Waals surface area contributed by atoms with Crippen molar-refractivity contribution < 1.29 is 14.3 Å². The van der Waals surface area contributed by atoms with Crippen LogP contribution >= 0.6 is 0 Å². The summed E-state index contributed by atoms with van der Waals surface area (Å²) in [5.74, 6) is -0.716. The lowest BCUT2D eigenvalue weighted by Crippen LogP contribution is -2.27. The molecule has 2 N–H and O–H groups in total. The van der Waals surface area contributed by atoms with Crippen LogP contribution in [0.3, 0.4) is 0 Å². The van der Waals surface area contributed by atoms with Gasteiger partial charge in [0.1, 0.15) is 0 Å². The first kappa shape index (κ1) is 17.1. The van der Waals surface area contributed by atoms with Crippen molar-refractivity contribution >= 4 is 17.5 Å². The zero-order valence-electron chi connectivity index (χ0n) is 13.1. The van der Waals surface area contributed by atoms with Crippen molar-refractivity contribution in [3.05, 3.63) is 59.4 Å². The fraction of sp³-hybridized carbons (Fsp3) is 0.176. The topological polar surface area (TPSA) is 104 Å². The summed E-state index contributed by atoms with van der Waals surface area (Å²) in [6, 6.07) is 9.94. The van der Waals surface area contributed by atoms with Crippen molar-refractivity contribution in [3.8, 4) is 6.07 Å². The number of nitrogens with zero attached hydrogens (tertiary/aromatic N) is 2. The molecule has 0 atom stereocenters. The average Bonchev–Trinajstić information content (AvgIpc) is 2.62. The molecule has 2 aromatic rings. The molecular weight excluding hydrogens is 308 g/mol. The maximum atomic E-state index is 12.2. The van der Waals surface area contributed by atoms with E-state index in [0.29, 0.717) is 30.0 Å². The van der Waals surface area contributed by atoms with E-state index in [0.717, 1.165) is 0 Å². The lowest BCUT2D eigenvalue weighted by molar-refractivity contribution is 0.0936. The molecule has 0 spiro atoms. The van der Waals surface area contributed by atoms with Crippen LogP contribution in [0.2, 0.25) is 0 Å². The summed E-state index contributed by atoms with van der Waals surface area (Å²) in [6.45, 7) is 0.773. The molecule has 7 heteroatoms. The van der Waals surface area contributed by atoms with Gasteiger partial charge in [0.2, 0.25) is 0 Å². The number of benzene rings is 1. The molecule has 0 bridgehead atoms. The summed E-state index contributed by atoms with van der Waals surface area (Å²) >= 11 is 0. The van der Waals surface area contributed by atoms with Crippen LogP contribution in [0.1, 0.15) is 26.3 Å². The lowest BCUT2D eigenvalue weighted by atomic mass is 10.1. The number of carbonyl (C=O) groups is 2. The van der Waals surface area contributed by atoms with Crippen molar-refractivity contribution in [2.24, 2.45) is 0 Å². The zero-order valence-corrected chi connectivity index (χ0v) is 13.1. The number of hydrogen-bond acceptors (Lipinski definition) is 5. The van der Waals surface area contributed by atoms with Crippen molar-refractivity contribution in [1.82, 2.24) is 10.3 Å². The highest BCUT2D eigenvalue weighted by Crippen LogP contribution is 2.11.